The number of anilines is 1. The first-order chi connectivity index (χ1) is 8.51. The van der Waals surface area contributed by atoms with Crippen molar-refractivity contribution in [3.63, 3.8) is 0 Å². The van der Waals surface area contributed by atoms with Crippen molar-refractivity contribution < 1.29 is 9.53 Å². The molecule has 5 nitrogen and oxygen atoms in total. The quantitative estimate of drug-likeness (QED) is 0.789. The van der Waals surface area contributed by atoms with Crippen molar-refractivity contribution in [1.29, 1.82) is 0 Å². The summed E-state index contributed by atoms with van der Waals surface area (Å²) in [5.74, 6) is 1.18. The van der Waals surface area contributed by atoms with E-state index in [0.717, 1.165) is 25.2 Å². The average Bonchev–Trinajstić information content (AvgIpc) is 2.55. The molecule has 5 heteroatoms. The van der Waals surface area contributed by atoms with Crippen LogP contribution in [0.4, 0.5) is 5.82 Å². The molecule has 0 radical (unpaired) electrons. The van der Waals surface area contributed by atoms with Gasteiger partial charge in [0.25, 0.3) is 0 Å². The second-order valence-corrected chi connectivity index (χ2v) is 4.74. The third-order valence-electron chi connectivity index (χ3n) is 2.56. The number of nitrogen functional groups attached to an aromatic ring is 1. The van der Waals surface area contributed by atoms with Gasteiger partial charge in [0.15, 0.2) is 11.5 Å². The summed E-state index contributed by atoms with van der Waals surface area (Å²) in [5.41, 5.74) is 6.24. The number of nitrogens with zero attached hydrogens (tertiary/aromatic N) is 2. The van der Waals surface area contributed by atoms with Crippen molar-refractivity contribution in [1.82, 2.24) is 9.55 Å². The normalized spacial score (nSPS) is 10.9. The highest BCUT2D eigenvalue weighted by Gasteiger charge is 2.22. The molecule has 1 rings (SSSR count). The standard InChI is InChI=1S/C13H23N3O2/c1-5-7-10-15-12(14)11(13(17)18-6-2)16(10)8-9(3)4/h9H,5-8,14H2,1-4H3. The van der Waals surface area contributed by atoms with Crippen LogP contribution in [0.15, 0.2) is 0 Å². The van der Waals surface area contributed by atoms with Gasteiger partial charge in [-0.25, -0.2) is 9.78 Å². The summed E-state index contributed by atoms with van der Waals surface area (Å²) < 4.78 is 6.95. The number of imidazole rings is 1. The molecule has 0 aliphatic carbocycles. The molecule has 1 aromatic rings. The number of aryl methyl sites for hydroxylation is 1. The fraction of sp³-hybridized carbons (Fsp3) is 0.692. The lowest BCUT2D eigenvalue weighted by Crippen LogP contribution is -2.17. The molecule has 0 aliphatic rings. The maximum absolute atomic E-state index is 11.9. The van der Waals surface area contributed by atoms with Crippen molar-refractivity contribution in [2.75, 3.05) is 12.3 Å². The maximum atomic E-state index is 11.9. The van der Waals surface area contributed by atoms with Gasteiger partial charge in [-0.05, 0) is 19.3 Å². The summed E-state index contributed by atoms with van der Waals surface area (Å²) in [6, 6.07) is 0. The van der Waals surface area contributed by atoms with Crippen LogP contribution in [0.25, 0.3) is 0 Å². The van der Waals surface area contributed by atoms with E-state index in [1.54, 1.807) is 6.92 Å². The molecule has 102 valence electrons. The first-order valence-electron chi connectivity index (χ1n) is 6.53. The number of hydrogen-bond donors (Lipinski definition) is 1. The molecule has 0 bridgehead atoms. The Morgan fingerprint density at radius 2 is 2.11 bits per heavy atom. The second-order valence-electron chi connectivity index (χ2n) is 4.74. The van der Waals surface area contributed by atoms with Gasteiger partial charge < -0.3 is 15.0 Å². The van der Waals surface area contributed by atoms with Gasteiger partial charge in [0.05, 0.1) is 6.61 Å². The molecule has 0 unspecified atom stereocenters. The number of carbonyl (C=O) groups is 1. The zero-order chi connectivity index (χ0) is 13.7. The Kier molecular flexibility index (Phi) is 5.19. The van der Waals surface area contributed by atoms with Crippen LogP contribution in [0.2, 0.25) is 0 Å². The predicted octanol–water partition coefficient (Wildman–Crippen LogP) is 2.25. The van der Waals surface area contributed by atoms with Crippen LogP contribution in [0.5, 0.6) is 0 Å². The lowest BCUT2D eigenvalue weighted by atomic mass is 10.2. The molecule has 0 amide bonds. The van der Waals surface area contributed by atoms with Gasteiger partial charge in [0, 0.05) is 13.0 Å². The van der Waals surface area contributed by atoms with Crippen LogP contribution >= 0.6 is 0 Å². The Morgan fingerprint density at radius 1 is 1.44 bits per heavy atom. The molecule has 0 fully saturated rings. The van der Waals surface area contributed by atoms with Crippen LogP contribution in [0, 0.1) is 5.92 Å². The summed E-state index contributed by atoms with van der Waals surface area (Å²) in [5, 5.41) is 0. The summed E-state index contributed by atoms with van der Waals surface area (Å²) in [6.07, 6.45) is 1.78. The molecule has 18 heavy (non-hydrogen) atoms. The summed E-state index contributed by atoms with van der Waals surface area (Å²) in [7, 11) is 0. The summed E-state index contributed by atoms with van der Waals surface area (Å²) in [4.78, 5) is 16.2. The molecule has 0 saturated heterocycles. The van der Waals surface area contributed by atoms with Gasteiger partial charge in [-0.2, -0.15) is 0 Å². The minimum Gasteiger partial charge on any atom is -0.461 e. The van der Waals surface area contributed by atoms with Crippen molar-refractivity contribution in [2.45, 2.75) is 47.1 Å². The third kappa shape index (κ3) is 3.24. The van der Waals surface area contributed by atoms with Gasteiger partial charge in [0.1, 0.15) is 5.82 Å². The fourth-order valence-corrected chi connectivity index (χ4v) is 1.91. The molecule has 0 aromatic carbocycles. The first-order valence-corrected chi connectivity index (χ1v) is 6.53. The molecule has 0 spiro atoms. The zero-order valence-electron chi connectivity index (χ0n) is 11.7. The molecule has 2 N–H and O–H groups in total. The number of aromatic nitrogens is 2. The van der Waals surface area contributed by atoms with Crippen LogP contribution in [-0.4, -0.2) is 22.1 Å². The Morgan fingerprint density at radius 3 is 2.61 bits per heavy atom. The van der Waals surface area contributed by atoms with Crippen LogP contribution in [0.1, 0.15) is 50.4 Å². The van der Waals surface area contributed by atoms with Gasteiger partial charge in [-0.3, -0.25) is 0 Å². The van der Waals surface area contributed by atoms with Crippen molar-refractivity contribution in [3.8, 4) is 0 Å². The number of hydrogen-bond acceptors (Lipinski definition) is 4. The number of nitrogens with two attached hydrogens (primary N) is 1. The molecular weight excluding hydrogens is 230 g/mol. The number of esters is 1. The predicted molar refractivity (Wildman–Crippen MR) is 71.4 cm³/mol. The van der Waals surface area contributed by atoms with Crippen molar-refractivity contribution >= 4 is 11.8 Å². The second kappa shape index (κ2) is 6.42. The molecule has 0 aliphatic heterocycles. The third-order valence-corrected chi connectivity index (χ3v) is 2.56. The molecular formula is C13H23N3O2. The Hall–Kier alpha value is -1.52. The average molecular weight is 253 g/mol. The van der Waals surface area contributed by atoms with Crippen LogP contribution in [0.3, 0.4) is 0 Å². The van der Waals surface area contributed by atoms with E-state index >= 15 is 0 Å². The highest BCUT2D eigenvalue weighted by Crippen LogP contribution is 2.18. The number of ether oxygens (including phenoxy) is 1. The van der Waals surface area contributed by atoms with Crippen LogP contribution in [-0.2, 0) is 17.7 Å². The van der Waals surface area contributed by atoms with E-state index in [1.165, 1.54) is 0 Å². The molecule has 0 saturated carbocycles. The van der Waals surface area contributed by atoms with Gasteiger partial charge in [-0.1, -0.05) is 20.8 Å². The Labute approximate surface area is 108 Å². The highest BCUT2D eigenvalue weighted by molar-refractivity contribution is 5.92. The van der Waals surface area contributed by atoms with E-state index < -0.39 is 0 Å². The Balaban J connectivity index is 3.16. The maximum Gasteiger partial charge on any atom is 0.358 e. The Bertz CT molecular complexity index is 411. The van der Waals surface area contributed by atoms with E-state index in [9.17, 15) is 4.79 Å². The summed E-state index contributed by atoms with van der Waals surface area (Å²) in [6.45, 7) is 9.13. The van der Waals surface area contributed by atoms with E-state index in [0.29, 0.717) is 18.2 Å². The number of carbonyl (C=O) groups excluding carboxylic acids is 1. The topological polar surface area (TPSA) is 70.1 Å². The summed E-state index contributed by atoms with van der Waals surface area (Å²) >= 11 is 0. The first kappa shape index (κ1) is 14.5. The lowest BCUT2D eigenvalue weighted by molar-refractivity contribution is 0.0514. The minimum atomic E-state index is -0.384. The fourth-order valence-electron chi connectivity index (χ4n) is 1.91. The van der Waals surface area contributed by atoms with Gasteiger partial charge >= 0.3 is 5.97 Å². The van der Waals surface area contributed by atoms with E-state index in [1.807, 2.05) is 4.57 Å². The van der Waals surface area contributed by atoms with Gasteiger partial charge in [-0.15, -0.1) is 0 Å². The largest absolute Gasteiger partial charge is 0.461 e. The highest BCUT2D eigenvalue weighted by atomic mass is 16.5. The minimum absolute atomic E-state index is 0.276. The van der Waals surface area contributed by atoms with Crippen LogP contribution < -0.4 is 5.73 Å². The van der Waals surface area contributed by atoms with E-state index in [2.05, 4.69) is 25.8 Å². The van der Waals surface area contributed by atoms with Gasteiger partial charge in [0.2, 0.25) is 0 Å². The van der Waals surface area contributed by atoms with E-state index in [4.69, 9.17) is 10.5 Å². The smallest absolute Gasteiger partial charge is 0.358 e. The van der Waals surface area contributed by atoms with Crippen molar-refractivity contribution in [3.05, 3.63) is 11.5 Å². The molecule has 0 atom stereocenters. The van der Waals surface area contributed by atoms with E-state index in [-0.39, 0.29) is 11.8 Å². The van der Waals surface area contributed by atoms with Crippen molar-refractivity contribution in [2.24, 2.45) is 5.92 Å². The molecule has 1 heterocycles. The number of rotatable bonds is 6. The SMILES string of the molecule is CCCc1nc(N)c(C(=O)OCC)n1CC(C)C. The lowest BCUT2D eigenvalue weighted by Gasteiger charge is -2.13. The zero-order valence-corrected chi connectivity index (χ0v) is 11.7. The monoisotopic (exact) mass is 253 g/mol. The molecule has 1 aromatic heterocycles.